The molecule has 1 aliphatic rings. The summed E-state index contributed by atoms with van der Waals surface area (Å²) in [5.41, 5.74) is 0.954. The first-order valence-corrected chi connectivity index (χ1v) is 7.37. The minimum atomic E-state index is 0.0329. The Balaban J connectivity index is 1.68. The number of benzene rings is 1. The van der Waals surface area contributed by atoms with Crippen molar-refractivity contribution >= 4 is 17.5 Å². The van der Waals surface area contributed by atoms with Gasteiger partial charge in [0, 0.05) is 17.6 Å². The van der Waals surface area contributed by atoms with Crippen LogP contribution in [0, 0.1) is 0 Å². The van der Waals surface area contributed by atoms with Crippen LogP contribution in [-0.4, -0.2) is 18.5 Å². The molecule has 1 aromatic carbocycles. The number of carbonyl (C=O) groups excluding carboxylic acids is 1. The van der Waals surface area contributed by atoms with Gasteiger partial charge in [-0.15, -0.1) is 0 Å². The average Bonchev–Trinajstić information content (AvgIpc) is 2.45. The molecule has 3 nitrogen and oxygen atoms in total. The van der Waals surface area contributed by atoms with Gasteiger partial charge in [-0.05, 0) is 24.5 Å². The van der Waals surface area contributed by atoms with Crippen LogP contribution in [0.2, 0.25) is 5.02 Å². The minimum absolute atomic E-state index is 0.0329. The summed E-state index contributed by atoms with van der Waals surface area (Å²) < 4.78 is 0. The maximum atomic E-state index is 11.8. The second-order valence-electron chi connectivity index (χ2n) is 5.08. The summed E-state index contributed by atoms with van der Waals surface area (Å²) >= 11 is 6.04. The smallest absolute Gasteiger partial charge is 0.234 e. The zero-order valence-corrected chi connectivity index (χ0v) is 11.9. The van der Waals surface area contributed by atoms with E-state index in [2.05, 4.69) is 10.6 Å². The molecule has 1 aromatic rings. The number of carbonyl (C=O) groups is 1. The Hall–Kier alpha value is -1.06. The fourth-order valence-electron chi connectivity index (χ4n) is 2.44. The number of nitrogens with one attached hydrogen (secondary N) is 2. The van der Waals surface area contributed by atoms with Gasteiger partial charge in [-0.2, -0.15) is 0 Å². The van der Waals surface area contributed by atoms with Gasteiger partial charge in [0.05, 0.1) is 6.54 Å². The third-order valence-electron chi connectivity index (χ3n) is 3.59. The first kappa shape index (κ1) is 14.4. The summed E-state index contributed by atoms with van der Waals surface area (Å²) in [6.45, 7) is 0.889. The van der Waals surface area contributed by atoms with Gasteiger partial charge >= 0.3 is 0 Å². The van der Waals surface area contributed by atoms with E-state index in [0.717, 1.165) is 5.56 Å². The zero-order chi connectivity index (χ0) is 13.5. The van der Waals surface area contributed by atoms with Crippen molar-refractivity contribution in [3.63, 3.8) is 0 Å². The summed E-state index contributed by atoms with van der Waals surface area (Å²) in [7, 11) is 0. The molecule has 0 spiro atoms. The molecule has 0 unspecified atom stereocenters. The third-order valence-corrected chi connectivity index (χ3v) is 3.96. The topological polar surface area (TPSA) is 41.1 Å². The van der Waals surface area contributed by atoms with Crippen LogP contribution in [0.4, 0.5) is 0 Å². The third kappa shape index (κ3) is 4.84. The van der Waals surface area contributed by atoms with Gasteiger partial charge in [-0.25, -0.2) is 0 Å². The number of amides is 1. The van der Waals surface area contributed by atoms with Crippen molar-refractivity contribution < 1.29 is 4.79 Å². The summed E-state index contributed by atoms with van der Waals surface area (Å²) in [6, 6.07) is 8.09. The summed E-state index contributed by atoms with van der Waals surface area (Å²) in [4.78, 5) is 11.8. The summed E-state index contributed by atoms with van der Waals surface area (Å²) in [6.07, 6.45) is 6.27. The molecule has 0 aromatic heterocycles. The molecule has 4 heteroatoms. The molecule has 0 atom stereocenters. The standard InChI is InChI=1S/C15H21ClN2O/c16-14-9-5-4-6-12(14)10-18-15(19)11-17-13-7-2-1-3-8-13/h4-6,9,13,17H,1-3,7-8,10-11H2,(H,18,19). The van der Waals surface area contributed by atoms with Crippen LogP contribution >= 0.6 is 11.6 Å². The Bertz CT molecular complexity index is 416. The van der Waals surface area contributed by atoms with E-state index in [1.807, 2.05) is 24.3 Å². The normalized spacial score (nSPS) is 16.3. The van der Waals surface area contributed by atoms with Crippen LogP contribution in [0.25, 0.3) is 0 Å². The molecule has 1 amide bonds. The van der Waals surface area contributed by atoms with Gasteiger partial charge in [0.25, 0.3) is 0 Å². The highest BCUT2D eigenvalue weighted by Crippen LogP contribution is 2.17. The molecule has 0 saturated heterocycles. The van der Waals surface area contributed by atoms with Crippen molar-refractivity contribution in [1.82, 2.24) is 10.6 Å². The molecule has 1 fully saturated rings. The Morgan fingerprint density at radius 1 is 1.21 bits per heavy atom. The molecule has 1 aliphatic carbocycles. The van der Waals surface area contributed by atoms with E-state index in [1.165, 1.54) is 32.1 Å². The van der Waals surface area contributed by atoms with Crippen molar-refractivity contribution in [2.75, 3.05) is 6.54 Å². The predicted octanol–water partition coefficient (Wildman–Crippen LogP) is 2.88. The summed E-state index contributed by atoms with van der Waals surface area (Å²) in [5, 5.41) is 6.92. The van der Waals surface area contributed by atoms with Gasteiger partial charge < -0.3 is 10.6 Å². The molecular formula is C15H21ClN2O. The van der Waals surface area contributed by atoms with E-state index in [9.17, 15) is 4.79 Å². The molecule has 19 heavy (non-hydrogen) atoms. The van der Waals surface area contributed by atoms with Crippen molar-refractivity contribution in [3.05, 3.63) is 34.9 Å². The van der Waals surface area contributed by atoms with Gasteiger partial charge in [0.1, 0.15) is 0 Å². The number of rotatable bonds is 5. The highest BCUT2D eigenvalue weighted by molar-refractivity contribution is 6.31. The molecule has 104 valence electrons. The lowest BCUT2D eigenvalue weighted by Gasteiger charge is -2.22. The first-order valence-electron chi connectivity index (χ1n) is 6.99. The SMILES string of the molecule is O=C(CNC1CCCCC1)NCc1ccccc1Cl. The van der Waals surface area contributed by atoms with Crippen LogP contribution < -0.4 is 10.6 Å². The van der Waals surface area contributed by atoms with E-state index in [4.69, 9.17) is 11.6 Å². The Kier molecular flexibility index (Phi) is 5.67. The lowest BCUT2D eigenvalue weighted by atomic mass is 9.95. The van der Waals surface area contributed by atoms with Crippen molar-refractivity contribution in [1.29, 1.82) is 0 Å². The van der Waals surface area contributed by atoms with Crippen molar-refractivity contribution in [2.45, 2.75) is 44.7 Å². The quantitative estimate of drug-likeness (QED) is 0.871. The van der Waals surface area contributed by atoms with E-state index in [-0.39, 0.29) is 5.91 Å². The fraction of sp³-hybridized carbons (Fsp3) is 0.533. The highest BCUT2D eigenvalue weighted by Gasteiger charge is 2.13. The number of hydrogen-bond donors (Lipinski definition) is 2. The molecular weight excluding hydrogens is 260 g/mol. The Labute approximate surface area is 119 Å². The minimum Gasteiger partial charge on any atom is -0.351 e. The monoisotopic (exact) mass is 280 g/mol. The molecule has 0 radical (unpaired) electrons. The zero-order valence-electron chi connectivity index (χ0n) is 11.1. The lowest BCUT2D eigenvalue weighted by molar-refractivity contribution is -0.120. The fourth-order valence-corrected chi connectivity index (χ4v) is 2.64. The molecule has 1 saturated carbocycles. The van der Waals surface area contributed by atoms with Crippen LogP contribution in [0.5, 0.6) is 0 Å². The van der Waals surface area contributed by atoms with Crippen LogP contribution in [0.3, 0.4) is 0 Å². The van der Waals surface area contributed by atoms with E-state index in [0.29, 0.717) is 24.2 Å². The molecule has 0 bridgehead atoms. The largest absolute Gasteiger partial charge is 0.351 e. The van der Waals surface area contributed by atoms with E-state index < -0.39 is 0 Å². The second kappa shape index (κ2) is 7.51. The van der Waals surface area contributed by atoms with Gasteiger partial charge in [0.2, 0.25) is 5.91 Å². The number of hydrogen-bond acceptors (Lipinski definition) is 2. The van der Waals surface area contributed by atoms with Gasteiger partial charge in [-0.1, -0.05) is 49.1 Å². The average molecular weight is 281 g/mol. The van der Waals surface area contributed by atoms with Crippen molar-refractivity contribution in [3.8, 4) is 0 Å². The molecule has 0 heterocycles. The molecule has 0 aliphatic heterocycles. The predicted molar refractivity (Wildman–Crippen MR) is 78.2 cm³/mol. The lowest BCUT2D eigenvalue weighted by Crippen LogP contribution is -2.39. The molecule has 2 N–H and O–H groups in total. The van der Waals surface area contributed by atoms with E-state index in [1.54, 1.807) is 0 Å². The summed E-state index contributed by atoms with van der Waals surface area (Å²) in [5.74, 6) is 0.0329. The van der Waals surface area contributed by atoms with Crippen LogP contribution in [0.15, 0.2) is 24.3 Å². The maximum Gasteiger partial charge on any atom is 0.234 e. The van der Waals surface area contributed by atoms with Crippen LogP contribution in [-0.2, 0) is 11.3 Å². The number of halogens is 1. The highest BCUT2D eigenvalue weighted by atomic mass is 35.5. The first-order chi connectivity index (χ1) is 9.25. The Morgan fingerprint density at radius 2 is 1.95 bits per heavy atom. The maximum absolute atomic E-state index is 11.8. The molecule has 2 rings (SSSR count). The van der Waals surface area contributed by atoms with Crippen LogP contribution in [0.1, 0.15) is 37.7 Å². The Morgan fingerprint density at radius 3 is 2.68 bits per heavy atom. The van der Waals surface area contributed by atoms with Crippen molar-refractivity contribution in [2.24, 2.45) is 0 Å². The van der Waals surface area contributed by atoms with Gasteiger partial charge in [-0.3, -0.25) is 4.79 Å². The second-order valence-corrected chi connectivity index (χ2v) is 5.49. The van der Waals surface area contributed by atoms with Gasteiger partial charge in [0.15, 0.2) is 0 Å². The van der Waals surface area contributed by atoms with E-state index >= 15 is 0 Å².